The van der Waals surface area contributed by atoms with E-state index in [-0.39, 0.29) is 11.7 Å². The zero-order valence-electron chi connectivity index (χ0n) is 10.5. The van der Waals surface area contributed by atoms with Gasteiger partial charge in [-0.2, -0.15) is 0 Å². The lowest BCUT2D eigenvalue weighted by Crippen LogP contribution is -2.16. The molecular weight excluding hydrogens is 234 g/mol. The predicted molar refractivity (Wildman–Crippen MR) is 66.2 cm³/mol. The van der Waals surface area contributed by atoms with Gasteiger partial charge in [0.2, 0.25) is 0 Å². The first-order valence-electron chi connectivity index (χ1n) is 5.56. The number of methoxy groups -OCH3 is 1. The van der Waals surface area contributed by atoms with Gasteiger partial charge < -0.3 is 15.2 Å². The molecule has 6 heteroatoms. The van der Waals surface area contributed by atoms with Gasteiger partial charge in [-0.1, -0.05) is 6.07 Å². The topological polar surface area (TPSA) is 75.9 Å². The van der Waals surface area contributed by atoms with E-state index < -0.39 is 5.97 Å². The molecule has 0 aliphatic carbocycles. The van der Waals surface area contributed by atoms with Crippen LogP contribution >= 0.6 is 0 Å². The van der Waals surface area contributed by atoms with E-state index >= 15 is 0 Å². The maximum atomic E-state index is 11.2. The molecule has 18 heavy (non-hydrogen) atoms. The first-order chi connectivity index (χ1) is 8.60. The molecule has 0 spiro atoms. The van der Waals surface area contributed by atoms with Gasteiger partial charge >= 0.3 is 5.97 Å². The molecule has 2 aromatic rings. The molecule has 0 saturated heterocycles. The molecule has 96 valence electrons. The van der Waals surface area contributed by atoms with Crippen LogP contribution in [0.3, 0.4) is 0 Å². The summed E-state index contributed by atoms with van der Waals surface area (Å²) in [6, 6.07) is 5.15. The summed E-state index contributed by atoms with van der Waals surface area (Å²) in [7, 11) is 3.34. The maximum absolute atomic E-state index is 11.2. The van der Waals surface area contributed by atoms with Crippen molar-refractivity contribution in [2.75, 3.05) is 14.2 Å². The molecule has 1 unspecified atom stereocenters. The van der Waals surface area contributed by atoms with E-state index in [9.17, 15) is 9.90 Å². The molecule has 2 rings (SSSR count). The summed E-state index contributed by atoms with van der Waals surface area (Å²) in [6.07, 6.45) is 0. The zero-order valence-corrected chi connectivity index (χ0v) is 10.5. The van der Waals surface area contributed by atoms with Gasteiger partial charge in [-0.15, -0.1) is 0 Å². The normalized spacial score (nSPS) is 12.6. The molecule has 0 aliphatic heterocycles. The van der Waals surface area contributed by atoms with Crippen molar-refractivity contribution in [3.05, 3.63) is 29.7 Å². The number of carboxylic acid groups (broad SMARTS) is 1. The summed E-state index contributed by atoms with van der Waals surface area (Å²) >= 11 is 0. The number of nitrogens with zero attached hydrogens (tertiary/aromatic N) is 2. The maximum Gasteiger partial charge on any atom is 0.356 e. The van der Waals surface area contributed by atoms with Crippen LogP contribution in [0.25, 0.3) is 5.52 Å². The van der Waals surface area contributed by atoms with Gasteiger partial charge in [-0.3, -0.25) is 4.40 Å². The number of rotatable bonds is 4. The molecular formula is C12H15N3O3. The van der Waals surface area contributed by atoms with E-state index in [4.69, 9.17) is 4.74 Å². The van der Waals surface area contributed by atoms with Gasteiger partial charge in [0.25, 0.3) is 0 Å². The minimum Gasteiger partial charge on any atom is -0.482 e. The summed E-state index contributed by atoms with van der Waals surface area (Å²) in [5, 5.41) is 12.2. The predicted octanol–water partition coefficient (Wildman–Crippen LogP) is 1.32. The highest BCUT2D eigenvalue weighted by atomic mass is 16.5. The van der Waals surface area contributed by atoms with E-state index in [0.717, 1.165) is 0 Å². The zero-order chi connectivity index (χ0) is 13.3. The fraction of sp³-hybridized carbons (Fsp3) is 0.333. The molecule has 0 bridgehead atoms. The molecule has 0 aromatic carbocycles. The number of pyridine rings is 1. The minimum atomic E-state index is -1.05. The third-order valence-corrected chi connectivity index (χ3v) is 2.88. The molecule has 6 nitrogen and oxygen atoms in total. The third kappa shape index (κ3) is 1.80. The lowest BCUT2D eigenvalue weighted by atomic mass is 10.3. The van der Waals surface area contributed by atoms with Crippen LogP contribution < -0.4 is 10.1 Å². The van der Waals surface area contributed by atoms with E-state index in [0.29, 0.717) is 17.2 Å². The van der Waals surface area contributed by atoms with Crippen LogP contribution in [-0.2, 0) is 0 Å². The lowest BCUT2D eigenvalue weighted by molar-refractivity contribution is 0.0693. The van der Waals surface area contributed by atoms with Gasteiger partial charge in [-0.25, -0.2) is 9.78 Å². The largest absolute Gasteiger partial charge is 0.482 e. The van der Waals surface area contributed by atoms with Crippen molar-refractivity contribution in [3.8, 4) is 5.88 Å². The summed E-state index contributed by atoms with van der Waals surface area (Å²) in [5.41, 5.74) is 0.560. The molecule has 1 atom stereocenters. The van der Waals surface area contributed by atoms with Crippen LogP contribution in [0.1, 0.15) is 29.3 Å². The number of fused-ring (bicyclic) bond motifs is 1. The Morgan fingerprint density at radius 3 is 2.83 bits per heavy atom. The molecule has 2 heterocycles. The number of carbonyl (C=O) groups is 1. The Morgan fingerprint density at radius 2 is 2.28 bits per heavy atom. The number of ether oxygens (including phenoxy) is 1. The van der Waals surface area contributed by atoms with Crippen molar-refractivity contribution in [2.45, 2.75) is 13.0 Å². The molecule has 0 amide bonds. The van der Waals surface area contributed by atoms with Crippen LogP contribution in [0.4, 0.5) is 0 Å². The monoisotopic (exact) mass is 249 g/mol. The van der Waals surface area contributed by atoms with Crippen molar-refractivity contribution in [3.63, 3.8) is 0 Å². The van der Waals surface area contributed by atoms with Gasteiger partial charge in [0.15, 0.2) is 11.6 Å². The third-order valence-electron chi connectivity index (χ3n) is 2.88. The Morgan fingerprint density at radius 1 is 1.56 bits per heavy atom. The van der Waals surface area contributed by atoms with Crippen molar-refractivity contribution in [2.24, 2.45) is 0 Å². The lowest BCUT2D eigenvalue weighted by Gasteiger charge is -2.11. The SMILES string of the molecule is CNC(C)c1nc(C(=O)O)c2cccc(OC)n12. The number of imidazole rings is 1. The Hall–Kier alpha value is -2.08. The molecule has 0 aliphatic rings. The van der Waals surface area contributed by atoms with E-state index in [2.05, 4.69) is 10.3 Å². The average molecular weight is 249 g/mol. The van der Waals surface area contributed by atoms with Gasteiger partial charge in [0.1, 0.15) is 5.82 Å². The fourth-order valence-corrected chi connectivity index (χ4v) is 1.87. The number of aromatic carboxylic acids is 1. The summed E-state index contributed by atoms with van der Waals surface area (Å²) in [4.78, 5) is 15.4. The standard InChI is InChI=1S/C12H15N3O3/c1-7(13-2)11-14-10(12(16)17)8-5-4-6-9(18-3)15(8)11/h4-7,13H,1-3H3,(H,16,17). The molecule has 2 aromatic heterocycles. The molecule has 0 saturated carbocycles. The Balaban J connectivity index is 2.81. The number of aromatic nitrogens is 2. The second-order valence-electron chi connectivity index (χ2n) is 3.92. The van der Waals surface area contributed by atoms with Gasteiger partial charge in [-0.05, 0) is 26.1 Å². The first kappa shape index (κ1) is 12.4. The highest BCUT2D eigenvalue weighted by Gasteiger charge is 2.21. The first-order valence-corrected chi connectivity index (χ1v) is 5.56. The van der Waals surface area contributed by atoms with Crippen molar-refractivity contribution >= 4 is 11.5 Å². The smallest absolute Gasteiger partial charge is 0.356 e. The van der Waals surface area contributed by atoms with Gasteiger partial charge in [0, 0.05) is 0 Å². The second-order valence-corrected chi connectivity index (χ2v) is 3.92. The highest BCUT2D eigenvalue weighted by molar-refractivity contribution is 5.93. The van der Waals surface area contributed by atoms with Crippen LogP contribution in [0.15, 0.2) is 18.2 Å². The highest BCUT2D eigenvalue weighted by Crippen LogP contribution is 2.24. The van der Waals surface area contributed by atoms with Gasteiger partial charge in [0.05, 0.1) is 18.7 Å². The minimum absolute atomic E-state index is 0.0333. The van der Waals surface area contributed by atoms with E-state index in [1.807, 2.05) is 6.92 Å². The number of carboxylic acids is 1. The van der Waals surface area contributed by atoms with Crippen molar-refractivity contribution < 1.29 is 14.6 Å². The molecule has 2 N–H and O–H groups in total. The van der Waals surface area contributed by atoms with Crippen molar-refractivity contribution in [1.29, 1.82) is 0 Å². The number of hydrogen-bond acceptors (Lipinski definition) is 4. The number of hydrogen-bond donors (Lipinski definition) is 2. The summed E-state index contributed by atoms with van der Waals surface area (Å²) in [5.74, 6) is 0.127. The van der Waals surface area contributed by atoms with E-state index in [1.165, 1.54) is 0 Å². The Kier molecular flexibility index (Phi) is 3.20. The number of nitrogens with one attached hydrogen (secondary N) is 1. The van der Waals surface area contributed by atoms with Crippen LogP contribution in [0.5, 0.6) is 5.88 Å². The van der Waals surface area contributed by atoms with Crippen LogP contribution in [0, 0.1) is 0 Å². The van der Waals surface area contributed by atoms with E-state index in [1.54, 1.807) is 36.8 Å². The second kappa shape index (κ2) is 4.66. The quantitative estimate of drug-likeness (QED) is 0.854. The fourth-order valence-electron chi connectivity index (χ4n) is 1.87. The Labute approximate surface area is 104 Å². The molecule has 0 fully saturated rings. The van der Waals surface area contributed by atoms with Crippen LogP contribution in [-0.4, -0.2) is 34.6 Å². The summed E-state index contributed by atoms with van der Waals surface area (Å²) in [6.45, 7) is 1.91. The average Bonchev–Trinajstić information content (AvgIpc) is 2.77. The summed E-state index contributed by atoms with van der Waals surface area (Å²) < 4.78 is 6.97. The van der Waals surface area contributed by atoms with Crippen molar-refractivity contribution in [1.82, 2.24) is 14.7 Å². The molecule has 0 radical (unpaired) electrons. The van der Waals surface area contributed by atoms with Crippen LogP contribution in [0.2, 0.25) is 0 Å². The Bertz CT molecular complexity index is 592.